The molecule has 18 heavy (non-hydrogen) atoms. The van der Waals surface area contributed by atoms with Crippen molar-refractivity contribution in [2.75, 3.05) is 5.32 Å². The van der Waals surface area contributed by atoms with E-state index in [2.05, 4.69) is 10.3 Å². The van der Waals surface area contributed by atoms with Crippen molar-refractivity contribution in [1.29, 1.82) is 0 Å². The highest BCUT2D eigenvalue weighted by atomic mass is 35.5. The minimum absolute atomic E-state index is 0.137. The summed E-state index contributed by atoms with van der Waals surface area (Å²) in [5.74, 6) is 0. The Bertz CT molecular complexity index is 618. The third-order valence-electron chi connectivity index (χ3n) is 2.24. The molecule has 0 unspecified atom stereocenters. The number of thiazole rings is 1. The number of nitrogens with one attached hydrogen (secondary N) is 1. The molecular weight excluding hydrogens is 270 g/mol. The summed E-state index contributed by atoms with van der Waals surface area (Å²) in [7, 11) is 0. The van der Waals surface area contributed by atoms with Crippen molar-refractivity contribution in [2.45, 2.75) is 26.8 Å². The van der Waals surface area contributed by atoms with Crippen LogP contribution in [0.4, 0.5) is 5.69 Å². The molecule has 2 aromatic rings. The van der Waals surface area contributed by atoms with Gasteiger partial charge in [-0.1, -0.05) is 11.6 Å². The number of hydrogen-bond acceptors (Lipinski definition) is 4. The molecule has 2 aromatic heterocycles. The number of rotatable bonds is 3. The Morgan fingerprint density at radius 1 is 1.50 bits per heavy atom. The second-order valence-corrected chi connectivity index (χ2v) is 5.95. The molecule has 4 nitrogen and oxygen atoms in total. The maximum atomic E-state index is 12.3. The molecule has 1 N–H and O–H groups in total. The molecule has 0 amide bonds. The number of hydrogen-bond donors (Lipinski definition) is 1. The quantitative estimate of drug-likeness (QED) is 0.942. The predicted octanol–water partition coefficient (Wildman–Crippen LogP) is 3.08. The van der Waals surface area contributed by atoms with Crippen molar-refractivity contribution in [1.82, 2.24) is 9.55 Å². The molecule has 0 atom stereocenters. The molecule has 96 valence electrons. The topological polar surface area (TPSA) is 46.9 Å². The maximum Gasteiger partial charge on any atom is 0.280 e. The van der Waals surface area contributed by atoms with Gasteiger partial charge in [-0.05, 0) is 26.8 Å². The molecule has 0 aliphatic carbocycles. The van der Waals surface area contributed by atoms with Crippen LogP contribution in [-0.2, 0) is 0 Å². The Kier molecular flexibility index (Phi) is 3.73. The zero-order valence-corrected chi connectivity index (χ0v) is 12.0. The molecule has 0 aromatic carbocycles. The molecule has 2 heterocycles. The number of aryl methyl sites for hydroxylation is 1. The lowest BCUT2D eigenvalue weighted by Crippen LogP contribution is -2.24. The number of halogens is 1. The summed E-state index contributed by atoms with van der Waals surface area (Å²) < 4.78 is 1.48. The van der Waals surface area contributed by atoms with Gasteiger partial charge in [-0.15, -0.1) is 11.3 Å². The molecule has 0 bridgehead atoms. The first-order valence-corrected chi connectivity index (χ1v) is 6.78. The average Bonchev–Trinajstić information content (AvgIpc) is 2.69. The first-order valence-electron chi connectivity index (χ1n) is 5.59. The summed E-state index contributed by atoms with van der Waals surface area (Å²) in [6, 6.07) is 1.81. The van der Waals surface area contributed by atoms with Gasteiger partial charge in [0.25, 0.3) is 5.56 Å². The Balaban J connectivity index is 2.54. The van der Waals surface area contributed by atoms with Crippen LogP contribution >= 0.6 is 22.9 Å². The lowest BCUT2D eigenvalue weighted by molar-refractivity contribution is 0.882. The highest BCUT2D eigenvalue weighted by Crippen LogP contribution is 2.18. The number of aromatic nitrogens is 2. The van der Waals surface area contributed by atoms with Gasteiger partial charge in [-0.3, -0.25) is 9.36 Å². The standard InChI is InChI=1S/C12H14ClN3OS/c1-7(2)15-10-4-9(13)6-16(11(10)17)12-14-5-8(3)18-12/h4-7,15H,1-3H3. The van der Waals surface area contributed by atoms with Crippen LogP contribution in [0, 0.1) is 6.92 Å². The third kappa shape index (κ3) is 2.73. The van der Waals surface area contributed by atoms with Gasteiger partial charge in [0.2, 0.25) is 0 Å². The normalized spacial score (nSPS) is 10.9. The smallest absolute Gasteiger partial charge is 0.280 e. The highest BCUT2D eigenvalue weighted by Gasteiger charge is 2.10. The molecule has 6 heteroatoms. The largest absolute Gasteiger partial charge is 0.378 e. The maximum absolute atomic E-state index is 12.3. The van der Waals surface area contributed by atoms with Crippen LogP contribution in [0.3, 0.4) is 0 Å². The van der Waals surface area contributed by atoms with Crippen LogP contribution in [0.25, 0.3) is 5.13 Å². The van der Waals surface area contributed by atoms with E-state index in [1.807, 2.05) is 20.8 Å². The van der Waals surface area contributed by atoms with Gasteiger partial charge >= 0.3 is 0 Å². The van der Waals surface area contributed by atoms with E-state index in [0.29, 0.717) is 15.8 Å². The molecule has 0 aliphatic rings. The van der Waals surface area contributed by atoms with E-state index in [0.717, 1.165) is 4.88 Å². The predicted molar refractivity (Wildman–Crippen MR) is 76.2 cm³/mol. The van der Waals surface area contributed by atoms with Crippen molar-refractivity contribution in [2.24, 2.45) is 0 Å². The van der Waals surface area contributed by atoms with E-state index < -0.39 is 0 Å². The lowest BCUT2D eigenvalue weighted by atomic mass is 10.3. The zero-order chi connectivity index (χ0) is 13.3. The molecule has 0 radical (unpaired) electrons. The fourth-order valence-corrected chi connectivity index (χ4v) is 2.50. The van der Waals surface area contributed by atoms with Crippen LogP contribution in [0.1, 0.15) is 18.7 Å². The van der Waals surface area contributed by atoms with E-state index in [-0.39, 0.29) is 11.6 Å². The molecule has 0 saturated heterocycles. The molecule has 2 rings (SSSR count). The van der Waals surface area contributed by atoms with Crippen molar-refractivity contribution >= 4 is 28.6 Å². The van der Waals surface area contributed by atoms with Crippen molar-refractivity contribution in [3.05, 3.63) is 38.7 Å². The average molecular weight is 284 g/mol. The minimum atomic E-state index is -0.137. The van der Waals surface area contributed by atoms with Crippen LogP contribution < -0.4 is 10.9 Å². The van der Waals surface area contributed by atoms with Crippen LogP contribution in [0.2, 0.25) is 5.02 Å². The molecule has 0 fully saturated rings. The summed E-state index contributed by atoms with van der Waals surface area (Å²) in [5, 5.41) is 4.23. The molecule has 0 spiro atoms. The molecular formula is C12H14ClN3OS. The first kappa shape index (κ1) is 13.1. The van der Waals surface area contributed by atoms with Gasteiger partial charge in [-0.25, -0.2) is 4.98 Å². The van der Waals surface area contributed by atoms with Crippen molar-refractivity contribution in [3.8, 4) is 5.13 Å². The number of anilines is 1. The van der Waals surface area contributed by atoms with E-state index in [9.17, 15) is 4.79 Å². The second-order valence-electron chi connectivity index (χ2n) is 4.30. The summed E-state index contributed by atoms with van der Waals surface area (Å²) in [6.45, 7) is 5.89. The van der Waals surface area contributed by atoms with Crippen molar-refractivity contribution in [3.63, 3.8) is 0 Å². The van der Waals surface area contributed by atoms with Crippen molar-refractivity contribution < 1.29 is 0 Å². The summed E-state index contributed by atoms with van der Waals surface area (Å²) in [6.07, 6.45) is 3.33. The Morgan fingerprint density at radius 3 is 2.78 bits per heavy atom. The monoisotopic (exact) mass is 283 g/mol. The van der Waals surface area contributed by atoms with Crippen LogP contribution in [-0.4, -0.2) is 15.6 Å². The SMILES string of the molecule is Cc1cnc(-n2cc(Cl)cc(NC(C)C)c2=O)s1. The third-order valence-corrected chi connectivity index (χ3v) is 3.36. The highest BCUT2D eigenvalue weighted by molar-refractivity contribution is 7.14. The van der Waals surface area contributed by atoms with Crippen LogP contribution in [0.5, 0.6) is 0 Å². The van der Waals surface area contributed by atoms with Gasteiger partial charge in [-0.2, -0.15) is 0 Å². The van der Waals surface area contributed by atoms with Gasteiger partial charge in [0, 0.05) is 23.3 Å². The van der Waals surface area contributed by atoms with Gasteiger partial charge < -0.3 is 5.32 Å². The van der Waals surface area contributed by atoms with Crippen LogP contribution in [0.15, 0.2) is 23.3 Å². The lowest BCUT2D eigenvalue weighted by Gasteiger charge is -2.11. The molecule has 0 saturated carbocycles. The summed E-state index contributed by atoms with van der Waals surface area (Å²) in [5.41, 5.74) is 0.354. The second kappa shape index (κ2) is 5.12. The Hall–Kier alpha value is -1.33. The minimum Gasteiger partial charge on any atom is -0.378 e. The Labute approximate surface area is 114 Å². The van der Waals surface area contributed by atoms with Gasteiger partial charge in [0.05, 0.1) is 5.02 Å². The van der Waals surface area contributed by atoms with E-state index >= 15 is 0 Å². The van der Waals surface area contributed by atoms with E-state index in [1.54, 1.807) is 18.5 Å². The zero-order valence-electron chi connectivity index (χ0n) is 10.4. The summed E-state index contributed by atoms with van der Waals surface area (Å²) in [4.78, 5) is 17.5. The number of pyridine rings is 1. The fraction of sp³-hybridized carbons (Fsp3) is 0.333. The summed E-state index contributed by atoms with van der Waals surface area (Å²) >= 11 is 7.50. The number of nitrogens with zero attached hydrogens (tertiary/aromatic N) is 2. The van der Waals surface area contributed by atoms with E-state index in [1.165, 1.54) is 15.9 Å². The van der Waals surface area contributed by atoms with Gasteiger partial charge in [0.1, 0.15) is 5.69 Å². The van der Waals surface area contributed by atoms with E-state index in [4.69, 9.17) is 11.6 Å². The Morgan fingerprint density at radius 2 is 2.22 bits per heavy atom. The van der Waals surface area contributed by atoms with Gasteiger partial charge in [0.15, 0.2) is 5.13 Å². The first-order chi connectivity index (χ1) is 8.47. The molecule has 0 aliphatic heterocycles. The fourth-order valence-electron chi connectivity index (χ4n) is 1.56.